The Labute approximate surface area is 98.5 Å². The van der Waals surface area contributed by atoms with Crippen molar-refractivity contribution < 1.29 is 0 Å². The summed E-state index contributed by atoms with van der Waals surface area (Å²) in [6.07, 6.45) is 1.85. The molecule has 0 radical (unpaired) electrons. The lowest BCUT2D eigenvalue weighted by atomic mass is 10.2. The molecule has 1 unspecified atom stereocenters. The molecule has 3 nitrogen and oxygen atoms in total. The average Bonchev–Trinajstić information content (AvgIpc) is 2.73. The van der Waals surface area contributed by atoms with Crippen LogP contribution in [0.15, 0.2) is 42.6 Å². The van der Waals surface area contributed by atoms with E-state index in [0.717, 1.165) is 22.1 Å². The lowest BCUT2D eigenvalue weighted by Gasteiger charge is -2.12. The summed E-state index contributed by atoms with van der Waals surface area (Å²) in [5, 5.41) is 7.41. The third-order valence-corrected chi connectivity index (χ3v) is 2.84. The third-order valence-electron chi connectivity index (χ3n) is 2.59. The number of fused-ring (bicyclic) bond motifs is 1. The highest BCUT2D eigenvalue weighted by molar-refractivity contribution is 6.30. The Bertz CT molecular complexity index is 485. The highest BCUT2D eigenvalue weighted by Gasteiger charge is 2.20. The van der Waals surface area contributed by atoms with Gasteiger partial charge in [-0.05, 0) is 29.8 Å². The molecule has 0 saturated heterocycles. The van der Waals surface area contributed by atoms with Crippen LogP contribution < -0.4 is 10.6 Å². The molecule has 0 bridgehead atoms. The summed E-state index contributed by atoms with van der Waals surface area (Å²) in [7, 11) is 0. The number of benzene rings is 1. The molecule has 2 aromatic rings. The van der Waals surface area contributed by atoms with Crippen molar-refractivity contribution in [3.8, 4) is 0 Å². The summed E-state index contributed by atoms with van der Waals surface area (Å²) in [5.41, 5.74) is 2.17. The van der Waals surface area contributed by atoms with Gasteiger partial charge in [0.05, 0.1) is 5.69 Å². The number of nitrogens with one attached hydrogen (secondary N) is 2. The maximum absolute atomic E-state index is 5.85. The summed E-state index contributed by atoms with van der Waals surface area (Å²) in [4.78, 5) is 4.25. The molecule has 1 aromatic carbocycles. The normalized spacial score (nSPS) is 17.4. The van der Waals surface area contributed by atoms with E-state index in [-0.39, 0.29) is 6.17 Å². The fraction of sp³-hybridized carbons (Fsp3) is 0.0833. The Morgan fingerprint density at radius 2 is 1.88 bits per heavy atom. The maximum Gasteiger partial charge on any atom is 0.151 e. The Morgan fingerprint density at radius 3 is 2.62 bits per heavy atom. The van der Waals surface area contributed by atoms with Crippen LogP contribution in [0.1, 0.15) is 11.7 Å². The first kappa shape index (κ1) is 9.48. The summed E-state index contributed by atoms with van der Waals surface area (Å²) in [6, 6.07) is 11.7. The van der Waals surface area contributed by atoms with E-state index in [1.807, 2.05) is 36.4 Å². The number of rotatable bonds is 1. The fourth-order valence-corrected chi connectivity index (χ4v) is 1.91. The van der Waals surface area contributed by atoms with Crippen LogP contribution in [0.25, 0.3) is 0 Å². The second-order valence-corrected chi connectivity index (χ2v) is 4.11. The van der Waals surface area contributed by atoms with Crippen molar-refractivity contribution in [1.29, 1.82) is 0 Å². The molecule has 2 heterocycles. The van der Waals surface area contributed by atoms with Gasteiger partial charge < -0.3 is 10.6 Å². The minimum Gasteiger partial charge on any atom is -0.359 e. The molecule has 0 saturated carbocycles. The van der Waals surface area contributed by atoms with Crippen LogP contribution in [-0.2, 0) is 0 Å². The summed E-state index contributed by atoms with van der Waals surface area (Å²) < 4.78 is 0. The van der Waals surface area contributed by atoms with Gasteiger partial charge in [-0.25, -0.2) is 4.98 Å². The van der Waals surface area contributed by atoms with Gasteiger partial charge in [-0.15, -0.1) is 0 Å². The average molecular weight is 232 g/mol. The van der Waals surface area contributed by atoms with Gasteiger partial charge in [0.25, 0.3) is 0 Å². The van der Waals surface area contributed by atoms with E-state index >= 15 is 0 Å². The van der Waals surface area contributed by atoms with E-state index in [0.29, 0.717) is 0 Å². The Balaban J connectivity index is 1.88. The molecule has 4 heteroatoms. The van der Waals surface area contributed by atoms with E-state index in [2.05, 4.69) is 15.6 Å². The van der Waals surface area contributed by atoms with Crippen LogP contribution in [0.2, 0.25) is 5.02 Å². The van der Waals surface area contributed by atoms with Crippen molar-refractivity contribution in [1.82, 2.24) is 4.98 Å². The predicted molar refractivity (Wildman–Crippen MR) is 65.7 cm³/mol. The van der Waals surface area contributed by atoms with Gasteiger partial charge >= 0.3 is 0 Å². The van der Waals surface area contributed by atoms with Crippen LogP contribution in [0, 0.1) is 0 Å². The quantitative estimate of drug-likeness (QED) is 0.791. The molecule has 80 valence electrons. The standard InChI is InChI=1S/C12H10ClN3/c13-9-5-3-8(4-6-9)11-15-10-2-1-7-14-12(10)16-11/h1-7,11,15H,(H,14,16). The van der Waals surface area contributed by atoms with Crippen molar-refractivity contribution in [2.75, 3.05) is 10.6 Å². The molecule has 1 aliphatic heterocycles. The topological polar surface area (TPSA) is 37.0 Å². The van der Waals surface area contributed by atoms with E-state index < -0.39 is 0 Å². The number of hydrogen-bond acceptors (Lipinski definition) is 3. The van der Waals surface area contributed by atoms with Gasteiger partial charge in [0.1, 0.15) is 6.17 Å². The predicted octanol–water partition coefficient (Wildman–Crippen LogP) is 3.27. The lowest BCUT2D eigenvalue weighted by Crippen LogP contribution is -2.11. The van der Waals surface area contributed by atoms with Gasteiger partial charge in [-0.1, -0.05) is 23.7 Å². The van der Waals surface area contributed by atoms with Crippen molar-refractivity contribution in [2.24, 2.45) is 0 Å². The third kappa shape index (κ3) is 1.59. The first-order valence-corrected chi connectivity index (χ1v) is 5.44. The second-order valence-electron chi connectivity index (χ2n) is 3.67. The van der Waals surface area contributed by atoms with E-state index in [1.54, 1.807) is 6.20 Å². The molecule has 1 aliphatic rings. The van der Waals surface area contributed by atoms with Crippen LogP contribution in [0.4, 0.5) is 11.5 Å². The Hall–Kier alpha value is -1.74. The first-order chi connectivity index (χ1) is 7.83. The Kier molecular flexibility index (Phi) is 2.18. The van der Waals surface area contributed by atoms with Crippen molar-refractivity contribution in [3.05, 3.63) is 53.2 Å². The smallest absolute Gasteiger partial charge is 0.151 e. The van der Waals surface area contributed by atoms with Gasteiger partial charge in [-0.3, -0.25) is 0 Å². The van der Waals surface area contributed by atoms with E-state index in [9.17, 15) is 0 Å². The molecule has 16 heavy (non-hydrogen) atoms. The minimum absolute atomic E-state index is 0.0715. The van der Waals surface area contributed by atoms with E-state index in [4.69, 9.17) is 11.6 Å². The molecule has 0 amide bonds. The fourth-order valence-electron chi connectivity index (χ4n) is 1.79. The molecule has 0 fully saturated rings. The Morgan fingerprint density at radius 1 is 1.06 bits per heavy atom. The first-order valence-electron chi connectivity index (χ1n) is 5.06. The number of hydrogen-bond donors (Lipinski definition) is 2. The second kappa shape index (κ2) is 3.68. The number of halogens is 1. The van der Waals surface area contributed by atoms with Crippen LogP contribution in [-0.4, -0.2) is 4.98 Å². The number of pyridine rings is 1. The zero-order valence-corrected chi connectivity index (χ0v) is 9.20. The van der Waals surface area contributed by atoms with E-state index in [1.165, 1.54) is 0 Å². The summed E-state index contributed by atoms with van der Waals surface area (Å²) in [5.74, 6) is 0.891. The highest BCUT2D eigenvalue weighted by atomic mass is 35.5. The van der Waals surface area contributed by atoms with Crippen LogP contribution in [0.3, 0.4) is 0 Å². The SMILES string of the molecule is Clc1ccc(C2Nc3cccnc3N2)cc1. The highest BCUT2D eigenvalue weighted by Crippen LogP contribution is 2.33. The van der Waals surface area contributed by atoms with Crippen molar-refractivity contribution in [3.63, 3.8) is 0 Å². The minimum atomic E-state index is 0.0715. The molecule has 3 rings (SSSR count). The van der Waals surface area contributed by atoms with Gasteiger partial charge in [0, 0.05) is 11.2 Å². The molecular weight excluding hydrogens is 222 g/mol. The lowest BCUT2D eigenvalue weighted by molar-refractivity contribution is 0.936. The van der Waals surface area contributed by atoms with Crippen molar-refractivity contribution >= 4 is 23.1 Å². The summed E-state index contributed by atoms with van der Waals surface area (Å²) >= 11 is 5.85. The summed E-state index contributed by atoms with van der Waals surface area (Å²) in [6.45, 7) is 0. The monoisotopic (exact) mass is 231 g/mol. The number of aromatic nitrogens is 1. The van der Waals surface area contributed by atoms with Crippen molar-refractivity contribution in [2.45, 2.75) is 6.17 Å². The van der Waals surface area contributed by atoms with Gasteiger partial charge in [0.15, 0.2) is 5.82 Å². The van der Waals surface area contributed by atoms with Gasteiger partial charge in [-0.2, -0.15) is 0 Å². The number of anilines is 2. The molecule has 2 N–H and O–H groups in total. The maximum atomic E-state index is 5.85. The molecule has 1 atom stereocenters. The molecular formula is C12H10ClN3. The molecule has 0 spiro atoms. The molecule has 0 aliphatic carbocycles. The van der Waals surface area contributed by atoms with Gasteiger partial charge in [0.2, 0.25) is 0 Å². The van der Waals surface area contributed by atoms with Crippen LogP contribution in [0.5, 0.6) is 0 Å². The largest absolute Gasteiger partial charge is 0.359 e. The zero-order valence-electron chi connectivity index (χ0n) is 8.44. The number of nitrogens with zero attached hydrogens (tertiary/aromatic N) is 1. The zero-order chi connectivity index (χ0) is 11.0. The van der Waals surface area contributed by atoms with Crippen LogP contribution >= 0.6 is 11.6 Å². The molecule has 1 aromatic heterocycles.